The fourth-order valence-electron chi connectivity index (χ4n) is 2.16. The molecule has 1 unspecified atom stereocenters. The van der Waals surface area contributed by atoms with E-state index < -0.39 is 11.9 Å². The van der Waals surface area contributed by atoms with Crippen LogP contribution in [0, 0.1) is 0 Å². The van der Waals surface area contributed by atoms with Crippen LogP contribution < -0.4 is 11.1 Å². The van der Waals surface area contributed by atoms with Crippen molar-refractivity contribution < 1.29 is 9.59 Å². The van der Waals surface area contributed by atoms with Crippen LogP contribution in [0.4, 0.5) is 0 Å². The summed E-state index contributed by atoms with van der Waals surface area (Å²) in [5, 5.41) is 3.03. The number of hydrogen-bond donors (Lipinski definition) is 2. The number of nitrogens with zero attached hydrogens (tertiary/aromatic N) is 1. The van der Waals surface area contributed by atoms with E-state index in [1.165, 1.54) is 0 Å². The van der Waals surface area contributed by atoms with Gasteiger partial charge in [0.2, 0.25) is 11.8 Å². The highest BCUT2D eigenvalue weighted by atomic mass is 79.9. The Hall–Kier alpha value is -1.11. The highest BCUT2D eigenvalue weighted by molar-refractivity contribution is 9.10. The third-order valence-corrected chi connectivity index (χ3v) is 3.54. The van der Waals surface area contributed by atoms with E-state index in [4.69, 9.17) is 5.73 Å². The maximum absolute atomic E-state index is 12.2. The van der Waals surface area contributed by atoms with Gasteiger partial charge in [0.05, 0.1) is 12.5 Å². The molecule has 1 aliphatic heterocycles. The first-order valence-corrected chi connectivity index (χ1v) is 6.90. The van der Waals surface area contributed by atoms with Crippen LogP contribution in [-0.2, 0) is 16.1 Å². The van der Waals surface area contributed by atoms with Gasteiger partial charge in [-0.3, -0.25) is 9.59 Å². The number of primary amides is 1. The van der Waals surface area contributed by atoms with Crippen LogP contribution in [0.3, 0.4) is 0 Å². The van der Waals surface area contributed by atoms with Crippen molar-refractivity contribution in [1.82, 2.24) is 10.2 Å². The number of nitrogens with two attached hydrogens (primary N) is 1. The summed E-state index contributed by atoms with van der Waals surface area (Å²) in [4.78, 5) is 24.9. The van der Waals surface area contributed by atoms with Crippen molar-refractivity contribution >= 4 is 40.2 Å². The molecule has 1 fully saturated rings. The Morgan fingerprint density at radius 3 is 2.90 bits per heavy atom. The minimum atomic E-state index is -0.488. The van der Waals surface area contributed by atoms with Crippen molar-refractivity contribution in [2.24, 2.45) is 5.73 Å². The Bertz CT molecular complexity index is 498. The minimum Gasteiger partial charge on any atom is -0.370 e. The lowest BCUT2D eigenvalue weighted by atomic mass is 10.1. The molecular formula is C13H17BrClN3O2. The van der Waals surface area contributed by atoms with E-state index >= 15 is 0 Å². The van der Waals surface area contributed by atoms with Gasteiger partial charge in [-0.25, -0.2) is 0 Å². The van der Waals surface area contributed by atoms with Crippen LogP contribution in [0.1, 0.15) is 12.0 Å². The van der Waals surface area contributed by atoms with E-state index in [2.05, 4.69) is 21.2 Å². The van der Waals surface area contributed by atoms with Gasteiger partial charge in [-0.15, -0.1) is 12.4 Å². The monoisotopic (exact) mass is 361 g/mol. The number of hydrogen-bond acceptors (Lipinski definition) is 3. The zero-order valence-corrected chi connectivity index (χ0v) is 13.2. The van der Waals surface area contributed by atoms with E-state index in [0.29, 0.717) is 19.6 Å². The summed E-state index contributed by atoms with van der Waals surface area (Å²) in [5.74, 6) is -0.528. The summed E-state index contributed by atoms with van der Waals surface area (Å²) in [6.45, 7) is 1.87. The normalized spacial score (nSPS) is 18.6. The zero-order chi connectivity index (χ0) is 13.8. The van der Waals surface area contributed by atoms with Crippen LogP contribution in [-0.4, -0.2) is 35.8 Å². The molecule has 5 nitrogen and oxygen atoms in total. The smallest absolute Gasteiger partial charge is 0.240 e. The fraction of sp³-hybridized carbons (Fsp3) is 0.385. The average Bonchev–Trinajstić information content (AvgIpc) is 2.34. The third kappa shape index (κ3) is 4.47. The van der Waals surface area contributed by atoms with Crippen molar-refractivity contribution in [1.29, 1.82) is 0 Å². The van der Waals surface area contributed by atoms with Gasteiger partial charge in [0.1, 0.15) is 0 Å². The molecule has 1 atom stereocenters. The minimum absolute atomic E-state index is 0. The van der Waals surface area contributed by atoms with Gasteiger partial charge in [-0.2, -0.15) is 0 Å². The lowest BCUT2D eigenvalue weighted by Crippen LogP contribution is -2.55. The van der Waals surface area contributed by atoms with Crippen molar-refractivity contribution in [2.75, 3.05) is 13.1 Å². The molecule has 0 aliphatic carbocycles. The molecule has 2 rings (SSSR count). The first-order valence-electron chi connectivity index (χ1n) is 6.11. The lowest BCUT2D eigenvalue weighted by Gasteiger charge is -2.32. The van der Waals surface area contributed by atoms with Gasteiger partial charge < -0.3 is 16.0 Å². The van der Waals surface area contributed by atoms with Crippen molar-refractivity contribution in [3.63, 3.8) is 0 Å². The number of amides is 2. The van der Waals surface area contributed by atoms with Gasteiger partial charge in [-0.1, -0.05) is 28.1 Å². The molecule has 1 heterocycles. The predicted molar refractivity (Wildman–Crippen MR) is 82.4 cm³/mol. The Balaban J connectivity index is 0.00000200. The molecule has 110 valence electrons. The summed E-state index contributed by atoms with van der Waals surface area (Å²) in [7, 11) is 0. The Kier molecular flexibility index (Phi) is 6.45. The highest BCUT2D eigenvalue weighted by Gasteiger charge is 2.29. The molecule has 0 spiro atoms. The molecule has 0 bridgehead atoms. The Morgan fingerprint density at radius 1 is 1.50 bits per heavy atom. The van der Waals surface area contributed by atoms with Gasteiger partial charge >= 0.3 is 0 Å². The first kappa shape index (κ1) is 16.9. The molecule has 0 radical (unpaired) electrons. The maximum Gasteiger partial charge on any atom is 0.240 e. The van der Waals surface area contributed by atoms with Gasteiger partial charge in [0.15, 0.2) is 0 Å². The second kappa shape index (κ2) is 7.61. The molecule has 1 aromatic rings. The van der Waals surface area contributed by atoms with Gasteiger partial charge in [0, 0.05) is 24.1 Å². The van der Waals surface area contributed by atoms with Crippen LogP contribution in [0.2, 0.25) is 0 Å². The van der Waals surface area contributed by atoms with E-state index in [1.54, 1.807) is 4.90 Å². The van der Waals surface area contributed by atoms with E-state index in [-0.39, 0.29) is 24.7 Å². The molecule has 1 saturated heterocycles. The standard InChI is InChI=1S/C13H16BrN3O2.ClH/c14-10-3-1-2-9(6-10)8-17-5-4-16-11(13(17)19)7-12(15)18;/h1-3,6,11,16H,4-5,7-8H2,(H2,15,18);1H. The SMILES string of the molecule is Cl.NC(=O)CC1NCCN(Cc2cccc(Br)c2)C1=O. The third-order valence-electron chi connectivity index (χ3n) is 3.05. The summed E-state index contributed by atoms with van der Waals surface area (Å²) in [5.41, 5.74) is 6.21. The Labute approximate surface area is 132 Å². The molecular weight excluding hydrogens is 346 g/mol. The summed E-state index contributed by atoms with van der Waals surface area (Å²) >= 11 is 3.41. The topological polar surface area (TPSA) is 75.4 Å². The molecule has 1 aliphatic rings. The van der Waals surface area contributed by atoms with Gasteiger partial charge in [0.25, 0.3) is 0 Å². The molecule has 1 aromatic carbocycles. The largest absolute Gasteiger partial charge is 0.370 e. The van der Waals surface area contributed by atoms with Crippen molar-refractivity contribution in [3.8, 4) is 0 Å². The van der Waals surface area contributed by atoms with E-state index in [0.717, 1.165) is 10.0 Å². The van der Waals surface area contributed by atoms with E-state index in [9.17, 15) is 9.59 Å². The molecule has 0 aromatic heterocycles. The lowest BCUT2D eigenvalue weighted by molar-refractivity contribution is -0.138. The Morgan fingerprint density at radius 2 is 2.25 bits per heavy atom. The van der Waals surface area contributed by atoms with Crippen molar-refractivity contribution in [3.05, 3.63) is 34.3 Å². The van der Waals surface area contributed by atoms with Crippen LogP contribution in [0.15, 0.2) is 28.7 Å². The summed E-state index contributed by atoms with van der Waals surface area (Å²) < 4.78 is 0.987. The van der Waals surface area contributed by atoms with Crippen LogP contribution in [0.5, 0.6) is 0 Å². The van der Waals surface area contributed by atoms with Crippen molar-refractivity contribution in [2.45, 2.75) is 19.0 Å². The molecule has 7 heteroatoms. The quantitative estimate of drug-likeness (QED) is 0.840. The van der Waals surface area contributed by atoms with Crippen LogP contribution in [0.25, 0.3) is 0 Å². The summed E-state index contributed by atoms with van der Waals surface area (Å²) in [6.07, 6.45) is 0.0494. The zero-order valence-electron chi connectivity index (χ0n) is 10.8. The number of benzene rings is 1. The number of halogens is 2. The molecule has 0 saturated carbocycles. The maximum atomic E-state index is 12.2. The average molecular weight is 363 g/mol. The molecule has 2 amide bonds. The first-order chi connectivity index (χ1) is 9.06. The molecule has 20 heavy (non-hydrogen) atoms. The predicted octanol–water partition coefficient (Wildman–Crippen LogP) is 1.05. The van der Waals surface area contributed by atoms with Gasteiger partial charge in [-0.05, 0) is 17.7 Å². The van der Waals surface area contributed by atoms with E-state index in [1.807, 2.05) is 24.3 Å². The fourth-order valence-corrected chi connectivity index (χ4v) is 2.61. The number of rotatable bonds is 4. The second-order valence-electron chi connectivity index (χ2n) is 4.57. The summed E-state index contributed by atoms with van der Waals surface area (Å²) in [6, 6.07) is 7.35. The van der Waals surface area contributed by atoms with Crippen LogP contribution >= 0.6 is 28.3 Å². The molecule has 3 N–H and O–H groups in total. The number of nitrogens with one attached hydrogen (secondary N) is 1. The highest BCUT2D eigenvalue weighted by Crippen LogP contribution is 2.15. The number of carbonyl (C=O) groups is 2. The number of carbonyl (C=O) groups excluding carboxylic acids is 2. The second-order valence-corrected chi connectivity index (χ2v) is 5.48. The number of piperazine rings is 1.